The number of esters is 1. The summed E-state index contributed by atoms with van der Waals surface area (Å²) in [5.74, 6) is -0.728. The Bertz CT molecular complexity index is 1080. The third-order valence-corrected chi connectivity index (χ3v) is 6.23. The molecule has 0 spiro atoms. The van der Waals surface area contributed by atoms with Gasteiger partial charge in [0.1, 0.15) is 11.7 Å². The Morgan fingerprint density at radius 2 is 1.72 bits per heavy atom. The molecule has 0 amide bonds. The van der Waals surface area contributed by atoms with Crippen LogP contribution in [0.25, 0.3) is 0 Å². The molecule has 2 aromatic carbocycles. The van der Waals surface area contributed by atoms with Crippen LogP contribution in [-0.2, 0) is 14.3 Å². The zero-order valence-corrected chi connectivity index (χ0v) is 19.0. The van der Waals surface area contributed by atoms with Gasteiger partial charge < -0.3 is 9.47 Å². The molecule has 1 unspecified atom stereocenters. The number of ketones is 1. The number of carbonyl (C=O) groups is 2. The molecule has 0 saturated carbocycles. The lowest BCUT2D eigenvalue weighted by Crippen LogP contribution is -2.38. The fourth-order valence-electron chi connectivity index (χ4n) is 4.89. The Labute approximate surface area is 189 Å². The van der Waals surface area contributed by atoms with Crippen molar-refractivity contribution < 1.29 is 19.1 Å². The van der Waals surface area contributed by atoms with Crippen molar-refractivity contribution in [1.29, 1.82) is 0 Å². The zero-order chi connectivity index (χ0) is 22.8. The minimum Gasteiger partial charge on any atom is -0.491 e. The summed E-state index contributed by atoms with van der Waals surface area (Å²) in [7, 11) is 1.38. The van der Waals surface area contributed by atoms with Crippen LogP contribution in [0.15, 0.2) is 70.9 Å². The van der Waals surface area contributed by atoms with Gasteiger partial charge >= 0.3 is 5.97 Å². The van der Waals surface area contributed by atoms with Crippen LogP contribution < -0.4 is 4.74 Å². The molecule has 5 heteroatoms. The Hall–Kier alpha value is -3.21. The normalized spacial score (nSPS) is 23.0. The summed E-state index contributed by atoms with van der Waals surface area (Å²) < 4.78 is 11.2. The van der Waals surface area contributed by atoms with Crippen LogP contribution in [0.5, 0.6) is 5.75 Å². The van der Waals surface area contributed by atoms with Crippen molar-refractivity contribution in [2.24, 2.45) is 10.9 Å². The molecular weight excluding hydrogens is 402 g/mol. The van der Waals surface area contributed by atoms with Gasteiger partial charge in [0.25, 0.3) is 0 Å². The van der Waals surface area contributed by atoms with E-state index >= 15 is 0 Å². The second kappa shape index (κ2) is 9.11. The van der Waals surface area contributed by atoms with Gasteiger partial charge in [-0.3, -0.25) is 14.6 Å². The number of carbonyl (C=O) groups excluding carboxylic acids is 2. The highest BCUT2D eigenvalue weighted by molar-refractivity contribution is 6.09. The maximum Gasteiger partial charge on any atom is 0.315 e. The first-order valence-corrected chi connectivity index (χ1v) is 11.1. The van der Waals surface area contributed by atoms with Crippen LogP contribution in [0.3, 0.4) is 0 Å². The number of Topliss-reactive ketones (excluding diaryl/α,β-unsaturated/α-hetero) is 1. The first-order valence-electron chi connectivity index (χ1n) is 11.1. The highest BCUT2D eigenvalue weighted by atomic mass is 16.5. The Kier molecular flexibility index (Phi) is 6.26. The summed E-state index contributed by atoms with van der Waals surface area (Å²) in [5, 5.41) is 0. The topological polar surface area (TPSA) is 65.0 Å². The summed E-state index contributed by atoms with van der Waals surface area (Å²) in [6.45, 7) is 5.77. The average molecular weight is 432 g/mol. The lowest BCUT2D eigenvalue weighted by atomic mass is 9.69. The number of para-hydroxylation sites is 1. The highest BCUT2D eigenvalue weighted by Crippen LogP contribution is 2.48. The molecule has 1 aliphatic carbocycles. The largest absolute Gasteiger partial charge is 0.491 e. The number of nitrogens with zero attached hydrogens (tertiary/aromatic N) is 1. The van der Waals surface area contributed by atoms with Gasteiger partial charge in [0.2, 0.25) is 0 Å². The second-order valence-electron chi connectivity index (χ2n) is 8.74. The molecule has 5 nitrogen and oxygen atoms in total. The van der Waals surface area contributed by atoms with Gasteiger partial charge in [-0.1, -0.05) is 48.5 Å². The molecule has 0 aromatic heterocycles. The van der Waals surface area contributed by atoms with Crippen LogP contribution in [0, 0.1) is 5.92 Å². The van der Waals surface area contributed by atoms with Crippen molar-refractivity contribution in [1.82, 2.24) is 0 Å². The van der Waals surface area contributed by atoms with Crippen molar-refractivity contribution in [3.63, 3.8) is 0 Å². The average Bonchev–Trinajstić information content (AvgIpc) is 2.78. The predicted octanol–water partition coefficient (Wildman–Crippen LogP) is 5.22. The number of aliphatic imine (C=N–C) groups is 1. The van der Waals surface area contributed by atoms with E-state index in [9.17, 15) is 9.59 Å². The van der Waals surface area contributed by atoms with E-state index in [1.165, 1.54) is 7.11 Å². The van der Waals surface area contributed by atoms with Gasteiger partial charge in [0.05, 0.1) is 13.2 Å². The third-order valence-electron chi connectivity index (χ3n) is 6.23. The van der Waals surface area contributed by atoms with E-state index in [0.717, 1.165) is 16.8 Å². The molecule has 0 bridgehead atoms. The van der Waals surface area contributed by atoms with Crippen LogP contribution in [-0.4, -0.2) is 30.7 Å². The molecule has 166 valence electrons. The molecule has 1 aliphatic heterocycles. The molecule has 2 aromatic rings. The fourth-order valence-corrected chi connectivity index (χ4v) is 4.89. The summed E-state index contributed by atoms with van der Waals surface area (Å²) in [5.41, 5.74) is 4.02. The van der Waals surface area contributed by atoms with Crippen LogP contribution in [0.1, 0.15) is 56.6 Å². The number of ether oxygens (including phenoxy) is 2. The van der Waals surface area contributed by atoms with E-state index in [1.807, 2.05) is 63.2 Å². The van der Waals surface area contributed by atoms with Crippen molar-refractivity contribution in [3.8, 4) is 5.75 Å². The molecule has 0 fully saturated rings. The molecule has 3 atom stereocenters. The van der Waals surface area contributed by atoms with Crippen LogP contribution in [0.4, 0.5) is 0 Å². The van der Waals surface area contributed by atoms with Gasteiger partial charge in [-0.25, -0.2) is 0 Å². The minimum absolute atomic E-state index is 0.0367. The number of allylic oxidation sites excluding steroid dienone is 2. The quantitative estimate of drug-likeness (QED) is 0.609. The smallest absolute Gasteiger partial charge is 0.315 e. The molecular formula is C27H29NO4. The summed E-state index contributed by atoms with van der Waals surface area (Å²) in [6.07, 6.45) is 1.03. The van der Waals surface area contributed by atoms with Gasteiger partial charge in [-0.05, 0) is 44.7 Å². The van der Waals surface area contributed by atoms with E-state index in [4.69, 9.17) is 14.5 Å². The van der Waals surface area contributed by atoms with Gasteiger partial charge in [0, 0.05) is 34.9 Å². The fraction of sp³-hybridized carbons (Fsp3) is 0.370. The summed E-state index contributed by atoms with van der Waals surface area (Å²) in [6, 6.07) is 17.7. The Balaban J connectivity index is 1.85. The molecule has 4 rings (SSSR count). The van der Waals surface area contributed by atoms with Crippen LogP contribution in [0.2, 0.25) is 0 Å². The molecule has 0 saturated heterocycles. The van der Waals surface area contributed by atoms with Crippen molar-refractivity contribution in [3.05, 3.63) is 77.0 Å². The Morgan fingerprint density at radius 1 is 1.03 bits per heavy atom. The molecule has 32 heavy (non-hydrogen) atoms. The first-order chi connectivity index (χ1) is 15.4. The second-order valence-corrected chi connectivity index (χ2v) is 8.74. The summed E-state index contributed by atoms with van der Waals surface area (Å²) in [4.78, 5) is 31.2. The minimum atomic E-state index is -0.659. The molecule has 2 aliphatic rings. The number of benzene rings is 2. The SMILES string of the molecule is COC(=O)C1C(C)=NC2=C(C(=O)C[C@H](c3ccccc3)C2)[C@H]1c1ccccc1OC(C)C. The van der Waals surface area contributed by atoms with Crippen molar-refractivity contribution in [2.75, 3.05) is 7.11 Å². The van der Waals surface area contributed by atoms with E-state index in [-0.39, 0.29) is 23.8 Å². The summed E-state index contributed by atoms with van der Waals surface area (Å²) >= 11 is 0. The number of rotatable bonds is 5. The van der Waals surface area contributed by atoms with Crippen molar-refractivity contribution in [2.45, 2.75) is 51.6 Å². The maximum absolute atomic E-state index is 13.6. The predicted molar refractivity (Wildman–Crippen MR) is 124 cm³/mol. The van der Waals surface area contributed by atoms with Crippen LogP contribution >= 0.6 is 0 Å². The highest BCUT2D eigenvalue weighted by Gasteiger charge is 2.45. The lowest BCUT2D eigenvalue weighted by molar-refractivity contribution is -0.143. The van der Waals surface area contributed by atoms with Gasteiger partial charge in [-0.15, -0.1) is 0 Å². The van der Waals surface area contributed by atoms with E-state index in [0.29, 0.717) is 29.9 Å². The monoisotopic (exact) mass is 431 g/mol. The van der Waals surface area contributed by atoms with E-state index < -0.39 is 11.8 Å². The van der Waals surface area contributed by atoms with E-state index in [2.05, 4.69) is 12.1 Å². The Morgan fingerprint density at radius 3 is 2.41 bits per heavy atom. The molecule has 0 radical (unpaired) electrons. The van der Waals surface area contributed by atoms with Crippen molar-refractivity contribution >= 4 is 17.5 Å². The van der Waals surface area contributed by atoms with Gasteiger partial charge in [0.15, 0.2) is 5.78 Å². The maximum atomic E-state index is 13.6. The van der Waals surface area contributed by atoms with Gasteiger partial charge in [-0.2, -0.15) is 0 Å². The molecule has 1 heterocycles. The standard InChI is InChI=1S/C27H29NO4/c1-16(2)32-23-13-9-8-12-20(23)25-24(27(30)31-4)17(3)28-21-14-19(15-22(29)26(21)25)18-10-6-5-7-11-18/h5-13,16,19,24-25H,14-15H2,1-4H3/t19-,24?,25+/m1/s1. The third kappa shape index (κ3) is 4.12. The lowest BCUT2D eigenvalue weighted by Gasteiger charge is -2.37. The van der Waals surface area contributed by atoms with E-state index in [1.54, 1.807) is 0 Å². The number of methoxy groups -OCH3 is 1. The molecule has 0 N–H and O–H groups in total. The zero-order valence-electron chi connectivity index (χ0n) is 19.0. The number of hydrogen-bond donors (Lipinski definition) is 0. The first kappa shape index (κ1) is 22.0. The number of hydrogen-bond acceptors (Lipinski definition) is 5.